The number of fused-ring (bicyclic) bond motifs is 2. The Kier molecular flexibility index (Phi) is 8.47. The molecular formula is C27H28F3N3O5S2. The number of benzene rings is 3. The molecule has 0 amide bonds. The summed E-state index contributed by atoms with van der Waals surface area (Å²) in [5, 5.41) is 11.0. The van der Waals surface area contributed by atoms with Gasteiger partial charge in [0.15, 0.2) is 11.5 Å². The normalized spacial score (nSPS) is 21.9. The highest BCUT2D eigenvalue weighted by Gasteiger charge is 2.39. The van der Waals surface area contributed by atoms with Gasteiger partial charge in [-0.05, 0) is 66.9 Å². The molecule has 13 heteroatoms. The molecule has 0 spiro atoms. The van der Waals surface area contributed by atoms with Gasteiger partial charge in [0.1, 0.15) is 15.7 Å². The third-order valence-electron chi connectivity index (χ3n) is 6.19. The second kappa shape index (κ2) is 11.9. The molecule has 5 rings (SSSR count). The van der Waals surface area contributed by atoms with Crippen LogP contribution in [0.2, 0.25) is 0 Å². The van der Waals surface area contributed by atoms with Gasteiger partial charge in [-0.2, -0.15) is 0 Å². The minimum Gasteiger partial charge on any atom is -0.453 e. The van der Waals surface area contributed by atoms with Crippen LogP contribution in [0, 0.1) is 0 Å². The topological polar surface area (TPSA) is 92.6 Å². The maximum absolute atomic E-state index is 14.0. The maximum atomic E-state index is 14.0. The van der Waals surface area contributed by atoms with Gasteiger partial charge in [-0.3, -0.25) is 4.31 Å². The van der Waals surface area contributed by atoms with Crippen LogP contribution in [0.4, 0.5) is 24.5 Å². The summed E-state index contributed by atoms with van der Waals surface area (Å²) < 4.78 is 76.9. The minimum absolute atomic E-state index is 0.0718. The Morgan fingerprint density at radius 1 is 1.05 bits per heavy atom. The van der Waals surface area contributed by atoms with Crippen LogP contribution in [-0.4, -0.2) is 52.8 Å². The molecule has 0 radical (unpaired) electrons. The minimum atomic E-state index is -4.84. The fraction of sp³-hybridized carbons (Fsp3) is 0.333. The monoisotopic (exact) mass is 595 g/mol. The van der Waals surface area contributed by atoms with Crippen LogP contribution in [0.5, 0.6) is 17.2 Å². The molecule has 3 aromatic carbocycles. The fourth-order valence-electron chi connectivity index (χ4n) is 4.31. The van der Waals surface area contributed by atoms with Gasteiger partial charge in [-0.25, -0.2) is 13.3 Å². The maximum Gasteiger partial charge on any atom is 0.573 e. The fourth-order valence-corrected chi connectivity index (χ4v) is 7.51. The second-order valence-electron chi connectivity index (χ2n) is 9.13. The van der Waals surface area contributed by atoms with Gasteiger partial charge < -0.3 is 19.3 Å². The van der Waals surface area contributed by atoms with E-state index in [1.54, 1.807) is 0 Å². The summed E-state index contributed by atoms with van der Waals surface area (Å²) in [4.78, 5) is 0.175. The van der Waals surface area contributed by atoms with Crippen molar-refractivity contribution in [1.29, 1.82) is 0 Å². The van der Waals surface area contributed by atoms with Gasteiger partial charge in [-0.1, -0.05) is 31.2 Å². The molecule has 2 heterocycles. The van der Waals surface area contributed by atoms with E-state index >= 15 is 0 Å². The number of nitrogens with one attached hydrogen (secondary N) is 1. The molecule has 3 aromatic rings. The summed E-state index contributed by atoms with van der Waals surface area (Å²) in [6.45, 7) is 2.42. The van der Waals surface area contributed by atoms with Crippen molar-refractivity contribution in [2.24, 2.45) is 4.36 Å². The molecule has 214 valence electrons. The van der Waals surface area contributed by atoms with Crippen LogP contribution in [0.25, 0.3) is 0 Å². The van der Waals surface area contributed by atoms with Crippen molar-refractivity contribution in [1.82, 2.24) is 4.72 Å². The van der Waals surface area contributed by atoms with Crippen LogP contribution in [0.1, 0.15) is 13.3 Å². The third-order valence-corrected chi connectivity index (χ3v) is 9.56. The van der Waals surface area contributed by atoms with E-state index in [0.29, 0.717) is 17.9 Å². The lowest BCUT2D eigenvalue weighted by Crippen LogP contribution is -2.55. The molecule has 8 nitrogen and oxygen atoms in total. The first-order valence-corrected chi connectivity index (χ1v) is 15.0. The molecule has 40 heavy (non-hydrogen) atoms. The molecule has 0 saturated carbocycles. The Bertz CT molecular complexity index is 1400. The first-order chi connectivity index (χ1) is 19.2. The molecule has 1 saturated heterocycles. The molecule has 1 fully saturated rings. The summed E-state index contributed by atoms with van der Waals surface area (Å²) in [7, 11) is -3.32. The molecule has 0 aromatic heterocycles. The molecular weight excluding hydrogens is 567 g/mol. The Morgan fingerprint density at radius 3 is 2.27 bits per heavy atom. The first kappa shape index (κ1) is 28.6. The number of hydrogen-bond acceptors (Lipinski definition) is 8. The molecule has 2 unspecified atom stereocenters. The van der Waals surface area contributed by atoms with Gasteiger partial charge in [0.05, 0.1) is 46.9 Å². The number of halogens is 3. The van der Waals surface area contributed by atoms with E-state index < -0.39 is 39.4 Å². The lowest BCUT2D eigenvalue weighted by molar-refractivity contribution is -0.274. The highest BCUT2D eigenvalue weighted by molar-refractivity contribution is 8.01. The van der Waals surface area contributed by atoms with Crippen molar-refractivity contribution in [3.05, 3.63) is 72.8 Å². The smallest absolute Gasteiger partial charge is 0.453 e. The summed E-state index contributed by atoms with van der Waals surface area (Å²) in [5.74, 6) is 0.917. The Balaban J connectivity index is 1.38. The van der Waals surface area contributed by atoms with E-state index in [1.807, 2.05) is 59.8 Å². The third kappa shape index (κ3) is 6.33. The van der Waals surface area contributed by atoms with Gasteiger partial charge >= 0.3 is 6.36 Å². The van der Waals surface area contributed by atoms with Crippen molar-refractivity contribution in [2.75, 3.05) is 24.1 Å². The van der Waals surface area contributed by atoms with E-state index in [4.69, 9.17) is 9.47 Å². The zero-order valence-corrected chi connectivity index (χ0v) is 23.0. The average Bonchev–Trinajstić information content (AvgIpc) is 2.93. The number of aliphatic hydroxyl groups is 1. The van der Waals surface area contributed by atoms with Crippen molar-refractivity contribution < 1.29 is 36.7 Å². The number of nitrogens with zero attached hydrogens (tertiary/aromatic N) is 2. The first-order valence-electron chi connectivity index (χ1n) is 12.6. The second-order valence-corrected chi connectivity index (χ2v) is 12.3. The van der Waals surface area contributed by atoms with E-state index in [0.717, 1.165) is 23.5 Å². The Morgan fingerprint density at radius 2 is 1.68 bits per heavy atom. The lowest BCUT2D eigenvalue weighted by Gasteiger charge is -2.39. The van der Waals surface area contributed by atoms with Crippen LogP contribution >= 0.6 is 11.9 Å². The van der Waals surface area contributed by atoms with Gasteiger partial charge in [0.25, 0.3) is 0 Å². The van der Waals surface area contributed by atoms with Crippen LogP contribution in [0.15, 0.2) is 82.1 Å². The van der Waals surface area contributed by atoms with Crippen LogP contribution in [0.3, 0.4) is 0 Å². The summed E-state index contributed by atoms with van der Waals surface area (Å²) in [6, 6.07) is 19.1. The highest BCUT2D eigenvalue weighted by atomic mass is 32.2. The number of aliphatic hydroxyl groups excluding tert-OH is 1. The Labute approximate surface area is 234 Å². The largest absolute Gasteiger partial charge is 0.573 e. The van der Waals surface area contributed by atoms with Crippen molar-refractivity contribution in [2.45, 2.75) is 42.0 Å². The molecule has 2 N–H and O–H groups in total. The zero-order valence-electron chi connectivity index (χ0n) is 21.4. The van der Waals surface area contributed by atoms with E-state index in [1.165, 1.54) is 24.1 Å². The predicted octanol–water partition coefficient (Wildman–Crippen LogP) is 6.05. The average molecular weight is 596 g/mol. The number of ether oxygens (including phenoxy) is 3. The summed E-state index contributed by atoms with van der Waals surface area (Å²) in [5.41, 5.74) is 1.63. The SMILES string of the molecule is CCCN=S(=O)(N[C@@H]1COCC(SN2c3ccccc3Oc3ccccc32)[C@H]1O)c1ccc(OC(F)(F)F)cc1. The zero-order chi connectivity index (χ0) is 28.3. The molecule has 2 aliphatic rings. The predicted molar refractivity (Wildman–Crippen MR) is 147 cm³/mol. The molecule has 2 aliphatic heterocycles. The van der Waals surface area contributed by atoms with Gasteiger partial charge in [0, 0.05) is 6.54 Å². The van der Waals surface area contributed by atoms with Gasteiger partial charge in [0.2, 0.25) is 0 Å². The van der Waals surface area contributed by atoms with E-state index in [-0.39, 0.29) is 24.7 Å². The summed E-state index contributed by atoms with van der Waals surface area (Å²) >= 11 is 1.38. The standard InChI is InChI=1S/C27H28F3N3O5S2/c1-2-15-31-40(35,19-13-11-18(12-14-19)38-27(28,29)30)32-20-16-36-17-25(26(20)34)39-33-21-7-3-5-9-23(21)37-24-10-6-4-8-22(24)33/h3-14,20,25-26,34H,2,15-17H2,1H3,(H,31,32,35)/t20-,25?,26+,40?/m1/s1. The van der Waals surface area contributed by atoms with Crippen molar-refractivity contribution in [3.63, 3.8) is 0 Å². The number of rotatable bonds is 8. The summed E-state index contributed by atoms with van der Waals surface area (Å²) in [6.07, 6.45) is -5.23. The van der Waals surface area contributed by atoms with Gasteiger partial charge in [-0.15, -0.1) is 13.2 Å². The number of alkyl halides is 3. The quantitative estimate of drug-likeness (QED) is 0.307. The van der Waals surface area contributed by atoms with E-state index in [2.05, 4.69) is 13.8 Å². The highest BCUT2D eigenvalue weighted by Crippen LogP contribution is 2.50. The van der Waals surface area contributed by atoms with Crippen molar-refractivity contribution in [3.8, 4) is 17.2 Å². The number of hydrogen-bond donors (Lipinski definition) is 2. The van der Waals surface area contributed by atoms with Crippen LogP contribution < -0.4 is 18.5 Å². The van der Waals surface area contributed by atoms with E-state index in [9.17, 15) is 22.5 Å². The lowest BCUT2D eigenvalue weighted by atomic mass is 10.1. The number of para-hydroxylation sites is 4. The van der Waals surface area contributed by atoms with Crippen LogP contribution in [-0.2, 0) is 14.7 Å². The Hall–Kier alpha value is -2.97. The molecule has 4 atom stereocenters. The van der Waals surface area contributed by atoms with Crippen molar-refractivity contribution >= 4 is 33.2 Å². The number of anilines is 2. The molecule has 0 aliphatic carbocycles. The molecule has 0 bridgehead atoms.